The molecule has 0 saturated carbocycles. The third kappa shape index (κ3) is 3.09. The predicted molar refractivity (Wildman–Crippen MR) is 63.5 cm³/mol. The first-order valence-electron chi connectivity index (χ1n) is 5.78. The van der Waals surface area contributed by atoms with Gasteiger partial charge in [-0.15, -0.1) is 0 Å². The lowest BCUT2D eigenvalue weighted by atomic mass is 9.84. The molecule has 1 aliphatic heterocycles. The van der Waals surface area contributed by atoms with Crippen LogP contribution in [-0.2, 0) is 0 Å². The normalized spacial score (nSPS) is 23.5. The number of nitrogens with two attached hydrogens (primary N) is 1. The Kier molecular flexibility index (Phi) is 4.15. The van der Waals surface area contributed by atoms with Crippen LogP contribution in [0.1, 0.15) is 20.8 Å². The van der Waals surface area contributed by atoms with Gasteiger partial charge in [0, 0.05) is 32.7 Å². The standard InChI is InChI=1S/C11H23N3O2/c1-11(2,3)9-8-13(5-4-12)6-7-14(9)10(15)16/h9H,4-8,12H2,1-3H3,(H,15,16). The van der Waals surface area contributed by atoms with Gasteiger partial charge in [-0.05, 0) is 5.41 Å². The molecule has 0 aromatic rings. The number of piperazine rings is 1. The Hall–Kier alpha value is -0.810. The maximum atomic E-state index is 11.2. The van der Waals surface area contributed by atoms with Gasteiger partial charge in [-0.25, -0.2) is 4.79 Å². The topological polar surface area (TPSA) is 69.8 Å². The number of amides is 1. The van der Waals surface area contributed by atoms with E-state index in [4.69, 9.17) is 5.73 Å². The van der Waals surface area contributed by atoms with Gasteiger partial charge in [0.2, 0.25) is 0 Å². The van der Waals surface area contributed by atoms with Crippen molar-refractivity contribution in [1.29, 1.82) is 0 Å². The van der Waals surface area contributed by atoms with E-state index in [-0.39, 0.29) is 11.5 Å². The molecule has 5 heteroatoms. The van der Waals surface area contributed by atoms with E-state index in [1.165, 1.54) is 0 Å². The fourth-order valence-electron chi connectivity index (χ4n) is 2.20. The molecule has 1 unspecified atom stereocenters. The average molecular weight is 229 g/mol. The van der Waals surface area contributed by atoms with Crippen LogP contribution in [-0.4, -0.2) is 59.8 Å². The fourth-order valence-corrected chi connectivity index (χ4v) is 2.20. The van der Waals surface area contributed by atoms with Crippen molar-refractivity contribution in [2.45, 2.75) is 26.8 Å². The smallest absolute Gasteiger partial charge is 0.407 e. The van der Waals surface area contributed by atoms with Crippen LogP contribution in [0.5, 0.6) is 0 Å². The lowest BCUT2D eigenvalue weighted by molar-refractivity contribution is 0.0228. The van der Waals surface area contributed by atoms with E-state index < -0.39 is 6.09 Å². The second-order valence-electron chi connectivity index (χ2n) is 5.45. The number of carbonyl (C=O) groups is 1. The number of carboxylic acid groups (broad SMARTS) is 1. The van der Waals surface area contributed by atoms with Crippen molar-refractivity contribution in [3.8, 4) is 0 Å². The van der Waals surface area contributed by atoms with Gasteiger partial charge in [0.25, 0.3) is 0 Å². The monoisotopic (exact) mass is 229 g/mol. The van der Waals surface area contributed by atoms with Gasteiger partial charge in [0.15, 0.2) is 0 Å². The Bertz CT molecular complexity index is 250. The summed E-state index contributed by atoms with van der Waals surface area (Å²) in [5.41, 5.74) is 5.50. The van der Waals surface area contributed by atoms with Gasteiger partial charge in [0.1, 0.15) is 0 Å². The zero-order chi connectivity index (χ0) is 12.3. The highest BCUT2D eigenvalue weighted by Crippen LogP contribution is 2.27. The van der Waals surface area contributed by atoms with Crippen LogP contribution in [0, 0.1) is 5.41 Å². The average Bonchev–Trinajstić information content (AvgIpc) is 2.16. The first kappa shape index (κ1) is 13.3. The van der Waals surface area contributed by atoms with Crippen molar-refractivity contribution in [2.24, 2.45) is 11.1 Å². The molecule has 0 spiro atoms. The maximum Gasteiger partial charge on any atom is 0.407 e. The Morgan fingerprint density at radius 2 is 2.06 bits per heavy atom. The molecular weight excluding hydrogens is 206 g/mol. The van der Waals surface area contributed by atoms with Crippen LogP contribution in [0.3, 0.4) is 0 Å². The van der Waals surface area contributed by atoms with Gasteiger partial charge in [0.05, 0.1) is 6.04 Å². The Morgan fingerprint density at radius 3 is 2.50 bits per heavy atom. The summed E-state index contributed by atoms with van der Waals surface area (Å²) in [4.78, 5) is 15.0. The summed E-state index contributed by atoms with van der Waals surface area (Å²) in [5, 5.41) is 9.17. The number of hydrogen-bond donors (Lipinski definition) is 2. The molecule has 1 atom stereocenters. The van der Waals surface area contributed by atoms with Crippen LogP contribution in [0.2, 0.25) is 0 Å². The maximum absolute atomic E-state index is 11.2. The molecule has 0 aliphatic carbocycles. The van der Waals surface area contributed by atoms with Gasteiger partial charge in [-0.3, -0.25) is 4.90 Å². The van der Waals surface area contributed by atoms with Gasteiger partial charge in [-0.1, -0.05) is 20.8 Å². The van der Waals surface area contributed by atoms with E-state index in [1.807, 2.05) is 0 Å². The largest absolute Gasteiger partial charge is 0.465 e. The third-order valence-corrected chi connectivity index (χ3v) is 3.16. The molecule has 1 aliphatic rings. The van der Waals surface area contributed by atoms with E-state index >= 15 is 0 Å². The van der Waals surface area contributed by atoms with E-state index in [0.29, 0.717) is 13.1 Å². The molecule has 16 heavy (non-hydrogen) atoms. The molecule has 3 N–H and O–H groups in total. The molecule has 1 amide bonds. The lowest BCUT2D eigenvalue weighted by Gasteiger charge is -2.45. The fraction of sp³-hybridized carbons (Fsp3) is 0.909. The minimum absolute atomic E-state index is 0.0361. The SMILES string of the molecule is CC(C)(C)C1CN(CCN)CCN1C(=O)O. The molecule has 0 radical (unpaired) electrons. The molecule has 94 valence electrons. The van der Waals surface area contributed by atoms with E-state index in [2.05, 4.69) is 25.7 Å². The van der Waals surface area contributed by atoms with Crippen LogP contribution >= 0.6 is 0 Å². The van der Waals surface area contributed by atoms with Gasteiger partial charge in [-0.2, -0.15) is 0 Å². The molecule has 1 saturated heterocycles. The Balaban J connectivity index is 2.74. The van der Waals surface area contributed by atoms with Crippen LogP contribution in [0.4, 0.5) is 4.79 Å². The number of hydrogen-bond acceptors (Lipinski definition) is 3. The summed E-state index contributed by atoms with van der Waals surface area (Å²) < 4.78 is 0. The van der Waals surface area contributed by atoms with Crippen LogP contribution < -0.4 is 5.73 Å². The second kappa shape index (κ2) is 5.01. The molecule has 0 bridgehead atoms. The summed E-state index contributed by atoms with van der Waals surface area (Å²) in [6.45, 7) is 9.88. The minimum atomic E-state index is -0.813. The second-order valence-corrected chi connectivity index (χ2v) is 5.45. The zero-order valence-corrected chi connectivity index (χ0v) is 10.4. The van der Waals surface area contributed by atoms with Crippen molar-refractivity contribution >= 4 is 6.09 Å². The Labute approximate surface area is 97.2 Å². The van der Waals surface area contributed by atoms with Crippen molar-refractivity contribution < 1.29 is 9.90 Å². The summed E-state index contributed by atoms with van der Waals surface area (Å²) in [7, 11) is 0. The van der Waals surface area contributed by atoms with Crippen molar-refractivity contribution in [3.63, 3.8) is 0 Å². The summed E-state index contributed by atoms with van der Waals surface area (Å²) in [6, 6.07) is 0.0466. The minimum Gasteiger partial charge on any atom is -0.465 e. The number of rotatable bonds is 2. The first-order chi connectivity index (χ1) is 7.36. The quantitative estimate of drug-likeness (QED) is 0.729. The predicted octanol–water partition coefficient (Wildman–Crippen LogP) is 0.655. The van der Waals surface area contributed by atoms with Crippen molar-refractivity contribution in [3.05, 3.63) is 0 Å². The summed E-state index contributed by atoms with van der Waals surface area (Å²) in [5.74, 6) is 0. The van der Waals surface area contributed by atoms with Crippen molar-refractivity contribution in [2.75, 3.05) is 32.7 Å². The van der Waals surface area contributed by atoms with E-state index in [1.54, 1.807) is 4.90 Å². The van der Waals surface area contributed by atoms with Crippen LogP contribution in [0.25, 0.3) is 0 Å². The van der Waals surface area contributed by atoms with E-state index in [9.17, 15) is 9.90 Å². The zero-order valence-electron chi connectivity index (χ0n) is 10.4. The highest BCUT2D eigenvalue weighted by atomic mass is 16.4. The van der Waals surface area contributed by atoms with Crippen LogP contribution in [0.15, 0.2) is 0 Å². The number of nitrogens with zero attached hydrogens (tertiary/aromatic N) is 2. The third-order valence-electron chi connectivity index (χ3n) is 3.16. The Morgan fingerprint density at radius 1 is 1.44 bits per heavy atom. The molecule has 1 fully saturated rings. The van der Waals surface area contributed by atoms with E-state index in [0.717, 1.165) is 19.6 Å². The van der Waals surface area contributed by atoms with Gasteiger partial charge < -0.3 is 15.7 Å². The molecule has 1 rings (SSSR count). The lowest BCUT2D eigenvalue weighted by Crippen LogP contribution is -2.59. The van der Waals surface area contributed by atoms with Crippen molar-refractivity contribution in [1.82, 2.24) is 9.80 Å². The van der Waals surface area contributed by atoms with Gasteiger partial charge >= 0.3 is 6.09 Å². The summed E-state index contributed by atoms with van der Waals surface area (Å²) in [6.07, 6.45) is -0.813. The molecule has 0 aromatic carbocycles. The highest BCUT2D eigenvalue weighted by molar-refractivity contribution is 5.65. The highest BCUT2D eigenvalue weighted by Gasteiger charge is 2.37. The first-order valence-corrected chi connectivity index (χ1v) is 5.78. The molecular formula is C11H23N3O2. The molecule has 1 heterocycles. The molecule has 0 aromatic heterocycles. The summed E-state index contributed by atoms with van der Waals surface area (Å²) >= 11 is 0. The molecule has 5 nitrogen and oxygen atoms in total.